The van der Waals surface area contributed by atoms with Crippen LogP contribution in [0.3, 0.4) is 0 Å². The van der Waals surface area contributed by atoms with E-state index in [0.717, 1.165) is 11.8 Å². The minimum Gasteiger partial charge on any atom is -0.493 e. The number of carbonyl (C=O) groups excluding carboxylic acids is 1. The van der Waals surface area contributed by atoms with Gasteiger partial charge >= 0.3 is 0 Å². The third-order valence-corrected chi connectivity index (χ3v) is 5.90. The molecule has 0 radical (unpaired) electrons. The van der Waals surface area contributed by atoms with E-state index in [0.29, 0.717) is 35.7 Å². The highest BCUT2D eigenvalue weighted by atomic mass is 32.2. The van der Waals surface area contributed by atoms with Gasteiger partial charge < -0.3 is 14.8 Å². The molecule has 2 aromatic carbocycles. The van der Waals surface area contributed by atoms with Crippen molar-refractivity contribution in [2.75, 3.05) is 31.3 Å². The van der Waals surface area contributed by atoms with Crippen molar-refractivity contribution in [2.45, 2.75) is 26.3 Å². The summed E-state index contributed by atoms with van der Waals surface area (Å²) in [5, 5.41) is 3.01. The second-order valence-electron chi connectivity index (χ2n) is 6.52. The van der Waals surface area contributed by atoms with Crippen molar-refractivity contribution < 1.29 is 22.7 Å². The number of hydrogen-bond donors (Lipinski definition) is 1. The van der Waals surface area contributed by atoms with Crippen LogP contribution >= 0.6 is 0 Å². The van der Waals surface area contributed by atoms with E-state index in [-0.39, 0.29) is 11.9 Å². The maximum absolute atomic E-state index is 12.7. The van der Waals surface area contributed by atoms with Crippen molar-refractivity contribution in [1.29, 1.82) is 0 Å². The predicted octanol–water partition coefficient (Wildman–Crippen LogP) is 3.37. The molecule has 1 unspecified atom stereocenters. The Bertz CT molecular complexity index is 942. The molecule has 0 aliphatic heterocycles. The Balaban J connectivity index is 2.20. The standard InChI is InChI=1S/C21H28N2O5S/c1-6-18(16-10-13-19(27-3)20(14-16)28-4)22-21(24)15-8-11-17(12-9-15)23(7-2)29(5,25)26/h8-14,18H,6-7H2,1-5H3,(H,22,24). The quantitative estimate of drug-likeness (QED) is 0.672. The lowest BCUT2D eigenvalue weighted by atomic mass is 10.0. The van der Waals surface area contributed by atoms with Gasteiger partial charge in [-0.3, -0.25) is 9.10 Å². The van der Waals surface area contributed by atoms with Crippen LogP contribution in [0.2, 0.25) is 0 Å². The average molecular weight is 421 g/mol. The van der Waals surface area contributed by atoms with E-state index in [1.807, 2.05) is 25.1 Å². The van der Waals surface area contributed by atoms with E-state index < -0.39 is 10.0 Å². The van der Waals surface area contributed by atoms with E-state index in [2.05, 4.69) is 5.32 Å². The summed E-state index contributed by atoms with van der Waals surface area (Å²) in [6.45, 7) is 4.06. The van der Waals surface area contributed by atoms with Crippen LogP contribution in [0.15, 0.2) is 42.5 Å². The zero-order valence-electron chi connectivity index (χ0n) is 17.4. The number of ether oxygens (including phenoxy) is 2. The van der Waals surface area contributed by atoms with Gasteiger partial charge in [0, 0.05) is 12.1 Å². The molecule has 29 heavy (non-hydrogen) atoms. The smallest absolute Gasteiger partial charge is 0.251 e. The van der Waals surface area contributed by atoms with Crippen molar-refractivity contribution in [3.05, 3.63) is 53.6 Å². The average Bonchev–Trinajstić information content (AvgIpc) is 2.71. The number of hydrogen-bond acceptors (Lipinski definition) is 5. The summed E-state index contributed by atoms with van der Waals surface area (Å²) in [6.07, 6.45) is 1.85. The zero-order chi connectivity index (χ0) is 21.6. The van der Waals surface area contributed by atoms with Crippen LogP contribution in [-0.2, 0) is 10.0 Å². The van der Waals surface area contributed by atoms with Gasteiger partial charge in [-0.15, -0.1) is 0 Å². The van der Waals surface area contributed by atoms with Gasteiger partial charge in [-0.05, 0) is 55.3 Å². The van der Waals surface area contributed by atoms with E-state index in [4.69, 9.17) is 9.47 Å². The molecule has 1 atom stereocenters. The predicted molar refractivity (Wildman–Crippen MR) is 114 cm³/mol. The molecule has 0 bridgehead atoms. The molecule has 0 heterocycles. The van der Waals surface area contributed by atoms with Gasteiger partial charge in [0.05, 0.1) is 32.2 Å². The van der Waals surface area contributed by atoms with E-state index in [1.165, 1.54) is 4.31 Å². The Labute approximate surface area is 172 Å². The maximum Gasteiger partial charge on any atom is 0.251 e. The number of methoxy groups -OCH3 is 2. The van der Waals surface area contributed by atoms with Gasteiger partial charge in [0.15, 0.2) is 11.5 Å². The molecule has 0 spiro atoms. The second-order valence-corrected chi connectivity index (χ2v) is 8.43. The molecular weight excluding hydrogens is 392 g/mol. The second kappa shape index (κ2) is 9.65. The number of sulfonamides is 1. The molecule has 158 valence electrons. The molecule has 0 aliphatic rings. The first-order valence-electron chi connectivity index (χ1n) is 9.35. The summed E-state index contributed by atoms with van der Waals surface area (Å²) >= 11 is 0. The molecule has 0 saturated heterocycles. The van der Waals surface area contributed by atoms with Crippen LogP contribution in [0.25, 0.3) is 0 Å². The lowest BCUT2D eigenvalue weighted by molar-refractivity contribution is 0.0935. The largest absolute Gasteiger partial charge is 0.493 e. The molecule has 0 aromatic heterocycles. The van der Waals surface area contributed by atoms with Crippen LogP contribution in [0.1, 0.15) is 42.2 Å². The zero-order valence-corrected chi connectivity index (χ0v) is 18.2. The molecular formula is C21H28N2O5S. The normalized spacial score (nSPS) is 12.2. The molecule has 1 N–H and O–H groups in total. The van der Waals surface area contributed by atoms with Gasteiger partial charge in [-0.1, -0.05) is 13.0 Å². The number of amides is 1. The highest BCUT2D eigenvalue weighted by Gasteiger charge is 2.18. The van der Waals surface area contributed by atoms with Crippen molar-refractivity contribution in [3.8, 4) is 11.5 Å². The van der Waals surface area contributed by atoms with Crippen LogP contribution in [0.4, 0.5) is 5.69 Å². The SMILES string of the molecule is CCC(NC(=O)c1ccc(N(CC)S(C)(=O)=O)cc1)c1ccc(OC)c(OC)c1. The van der Waals surface area contributed by atoms with Crippen molar-refractivity contribution in [2.24, 2.45) is 0 Å². The van der Waals surface area contributed by atoms with E-state index in [1.54, 1.807) is 45.4 Å². The maximum atomic E-state index is 12.7. The van der Waals surface area contributed by atoms with E-state index >= 15 is 0 Å². The monoisotopic (exact) mass is 420 g/mol. The Kier molecular flexibility index (Phi) is 7.50. The summed E-state index contributed by atoms with van der Waals surface area (Å²) in [4.78, 5) is 12.7. The number of nitrogens with zero attached hydrogens (tertiary/aromatic N) is 1. The lowest BCUT2D eigenvalue weighted by Crippen LogP contribution is -2.30. The van der Waals surface area contributed by atoms with Gasteiger partial charge in [0.2, 0.25) is 10.0 Å². The first kappa shape index (κ1) is 22.5. The first-order chi connectivity index (χ1) is 13.7. The fourth-order valence-corrected chi connectivity index (χ4v) is 4.09. The summed E-state index contributed by atoms with van der Waals surface area (Å²) in [7, 11) is -0.220. The summed E-state index contributed by atoms with van der Waals surface area (Å²) in [5.74, 6) is 0.988. The third kappa shape index (κ3) is 5.41. The molecule has 7 nitrogen and oxygen atoms in total. The van der Waals surface area contributed by atoms with Crippen LogP contribution in [-0.4, -0.2) is 41.3 Å². The van der Waals surface area contributed by atoms with Gasteiger partial charge in [0.1, 0.15) is 0 Å². The van der Waals surface area contributed by atoms with Crippen LogP contribution in [0, 0.1) is 0 Å². The van der Waals surface area contributed by atoms with Gasteiger partial charge in [0.25, 0.3) is 5.91 Å². The number of carbonyl (C=O) groups is 1. The number of rotatable bonds is 9. The fraction of sp³-hybridized carbons (Fsp3) is 0.381. The molecule has 0 aliphatic carbocycles. The van der Waals surface area contributed by atoms with Crippen molar-refractivity contribution >= 4 is 21.6 Å². The molecule has 0 saturated carbocycles. The van der Waals surface area contributed by atoms with Crippen LogP contribution in [0.5, 0.6) is 11.5 Å². The van der Waals surface area contributed by atoms with E-state index in [9.17, 15) is 13.2 Å². The fourth-order valence-electron chi connectivity index (χ4n) is 3.12. The van der Waals surface area contributed by atoms with Gasteiger partial charge in [-0.2, -0.15) is 0 Å². The van der Waals surface area contributed by atoms with Crippen molar-refractivity contribution in [1.82, 2.24) is 5.32 Å². The summed E-state index contributed by atoms with van der Waals surface area (Å²) in [6, 6.07) is 11.9. The third-order valence-electron chi connectivity index (χ3n) is 4.63. The Morgan fingerprint density at radius 1 is 1.03 bits per heavy atom. The van der Waals surface area contributed by atoms with Gasteiger partial charge in [-0.25, -0.2) is 8.42 Å². The molecule has 2 aromatic rings. The van der Waals surface area contributed by atoms with Crippen LogP contribution < -0.4 is 19.1 Å². The molecule has 1 amide bonds. The summed E-state index contributed by atoms with van der Waals surface area (Å²) in [5.41, 5.74) is 1.89. The molecule has 2 rings (SSSR count). The highest BCUT2D eigenvalue weighted by Crippen LogP contribution is 2.31. The Hall–Kier alpha value is -2.74. The minimum absolute atomic E-state index is 0.204. The molecule has 8 heteroatoms. The lowest BCUT2D eigenvalue weighted by Gasteiger charge is -2.21. The number of nitrogens with one attached hydrogen (secondary N) is 1. The molecule has 0 fully saturated rings. The first-order valence-corrected chi connectivity index (χ1v) is 11.2. The Morgan fingerprint density at radius 2 is 1.66 bits per heavy atom. The number of anilines is 1. The van der Waals surface area contributed by atoms with Crippen molar-refractivity contribution in [3.63, 3.8) is 0 Å². The number of benzene rings is 2. The minimum atomic E-state index is -3.36. The highest BCUT2D eigenvalue weighted by molar-refractivity contribution is 7.92. The topological polar surface area (TPSA) is 84.9 Å². The Morgan fingerprint density at radius 3 is 2.14 bits per heavy atom. The summed E-state index contributed by atoms with van der Waals surface area (Å²) < 4.78 is 35.6.